The van der Waals surface area contributed by atoms with Gasteiger partial charge in [-0.15, -0.1) is 0 Å². The summed E-state index contributed by atoms with van der Waals surface area (Å²) in [5, 5.41) is 10.9. The highest BCUT2D eigenvalue weighted by Gasteiger charge is 2.24. The smallest absolute Gasteiger partial charge is 0.347 e. The number of carboxylic acid groups (broad SMARTS) is 1. The second-order valence-corrected chi connectivity index (χ2v) is 6.87. The first-order chi connectivity index (χ1) is 9.15. The van der Waals surface area contributed by atoms with Crippen molar-refractivity contribution in [1.29, 1.82) is 0 Å². The van der Waals surface area contributed by atoms with Gasteiger partial charge in [-0.05, 0) is 25.5 Å². The van der Waals surface area contributed by atoms with Gasteiger partial charge in [0.25, 0.3) is 0 Å². The maximum Gasteiger partial charge on any atom is 0.347 e. The van der Waals surface area contributed by atoms with E-state index in [1.165, 1.54) is 11.3 Å². The van der Waals surface area contributed by atoms with Gasteiger partial charge in [-0.1, -0.05) is 24.7 Å². The van der Waals surface area contributed by atoms with Crippen LogP contribution in [0.15, 0.2) is 0 Å². The number of piperidine rings is 1. The molecule has 1 aromatic heterocycles. The van der Waals surface area contributed by atoms with E-state index in [9.17, 15) is 9.90 Å². The van der Waals surface area contributed by atoms with Crippen LogP contribution < -0.4 is 4.90 Å². The number of carbonyl (C=O) groups is 1. The molecule has 1 aliphatic rings. The number of aromatic nitrogens is 1. The van der Waals surface area contributed by atoms with Gasteiger partial charge in [0, 0.05) is 18.3 Å². The number of anilines is 1. The van der Waals surface area contributed by atoms with Gasteiger partial charge in [-0.3, -0.25) is 0 Å². The lowest BCUT2D eigenvalue weighted by Crippen LogP contribution is -2.34. The number of nitrogens with zero attached hydrogens (tertiary/aromatic N) is 2. The molecule has 1 aliphatic heterocycles. The Labute approximate surface area is 122 Å². The fourth-order valence-electron chi connectivity index (χ4n) is 2.33. The van der Waals surface area contributed by atoms with Crippen LogP contribution in [0.4, 0.5) is 5.13 Å². The minimum atomic E-state index is -0.841. The van der Waals surface area contributed by atoms with Gasteiger partial charge in [0.1, 0.15) is 4.88 Å². The molecule has 1 aromatic rings. The zero-order valence-corrected chi connectivity index (χ0v) is 13.0. The van der Waals surface area contributed by atoms with Gasteiger partial charge < -0.3 is 10.0 Å². The summed E-state index contributed by atoms with van der Waals surface area (Å²) in [7, 11) is 0. The van der Waals surface area contributed by atoms with Crippen LogP contribution >= 0.6 is 23.1 Å². The van der Waals surface area contributed by atoms with Crippen LogP contribution in [0.25, 0.3) is 0 Å². The van der Waals surface area contributed by atoms with E-state index in [1.807, 2.05) is 11.8 Å². The van der Waals surface area contributed by atoms with Crippen LogP contribution in [0, 0.1) is 0 Å². The summed E-state index contributed by atoms with van der Waals surface area (Å²) in [6, 6.07) is 0. The Morgan fingerprint density at radius 2 is 2.21 bits per heavy atom. The summed E-state index contributed by atoms with van der Waals surface area (Å²) in [4.78, 5) is 18.5. The van der Waals surface area contributed by atoms with E-state index >= 15 is 0 Å². The highest BCUT2D eigenvalue weighted by Crippen LogP contribution is 2.31. The summed E-state index contributed by atoms with van der Waals surface area (Å²) in [6.45, 7) is 4.03. The SMILES string of the molecule is CCCc1nc(N2CCC(SC)CC2)sc1C(=O)O. The molecule has 0 aromatic carbocycles. The van der Waals surface area contributed by atoms with E-state index in [-0.39, 0.29) is 0 Å². The van der Waals surface area contributed by atoms with Crippen LogP contribution in [0.1, 0.15) is 41.6 Å². The summed E-state index contributed by atoms with van der Waals surface area (Å²) in [6.07, 6.45) is 6.15. The Balaban J connectivity index is 2.12. The Bertz CT molecular complexity index is 440. The molecular formula is C13H20N2O2S2. The topological polar surface area (TPSA) is 53.4 Å². The Morgan fingerprint density at radius 3 is 2.74 bits per heavy atom. The molecule has 19 heavy (non-hydrogen) atoms. The first-order valence-electron chi connectivity index (χ1n) is 6.66. The van der Waals surface area contributed by atoms with Crippen molar-refractivity contribution in [3.8, 4) is 0 Å². The van der Waals surface area contributed by atoms with Crippen LogP contribution in [0.2, 0.25) is 0 Å². The van der Waals surface area contributed by atoms with Gasteiger partial charge in [-0.25, -0.2) is 9.78 Å². The van der Waals surface area contributed by atoms with E-state index < -0.39 is 5.97 Å². The summed E-state index contributed by atoms with van der Waals surface area (Å²) in [5.74, 6) is -0.841. The van der Waals surface area contributed by atoms with E-state index in [2.05, 4.69) is 23.1 Å². The average molecular weight is 300 g/mol. The molecule has 1 saturated heterocycles. The number of thioether (sulfide) groups is 1. The highest BCUT2D eigenvalue weighted by atomic mass is 32.2. The molecule has 0 unspecified atom stereocenters. The van der Waals surface area contributed by atoms with Crippen molar-refractivity contribution >= 4 is 34.2 Å². The van der Waals surface area contributed by atoms with Crippen LogP contribution in [0.3, 0.4) is 0 Å². The lowest BCUT2D eigenvalue weighted by atomic mass is 10.1. The third-order valence-corrected chi connectivity index (χ3v) is 5.70. The molecule has 106 valence electrons. The first kappa shape index (κ1) is 14.7. The van der Waals surface area contributed by atoms with Gasteiger partial charge >= 0.3 is 5.97 Å². The molecule has 0 saturated carbocycles. The molecule has 0 atom stereocenters. The highest BCUT2D eigenvalue weighted by molar-refractivity contribution is 7.99. The zero-order chi connectivity index (χ0) is 13.8. The Morgan fingerprint density at radius 1 is 1.53 bits per heavy atom. The number of hydrogen-bond acceptors (Lipinski definition) is 5. The van der Waals surface area contributed by atoms with Crippen LogP contribution in [-0.4, -0.2) is 40.7 Å². The number of thiazole rings is 1. The molecule has 0 bridgehead atoms. The molecule has 0 radical (unpaired) electrons. The maximum atomic E-state index is 11.2. The van der Waals surface area contributed by atoms with Crippen molar-refractivity contribution in [2.75, 3.05) is 24.2 Å². The quantitative estimate of drug-likeness (QED) is 0.905. The van der Waals surface area contributed by atoms with E-state index in [4.69, 9.17) is 0 Å². The minimum absolute atomic E-state index is 0.420. The number of aryl methyl sites for hydroxylation is 1. The molecule has 4 nitrogen and oxygen atoms in total. The molecule has 2 rings (SSSR count). The van der Waals surface area contributed by atoms with Gasteiger partial charge in [0.05, 0.1) is 5.69 Å². The molecule has 1 N–H and O–H groups in total. The monoisotopic (exact) mass is 300 g/mol. The molecule has 1 fully saturated rings. The van der Waals surface area contributed by atoms with E-state index in [1.54, 1.807) is 0 Å². The average Bonchev–Trinajstić information content (AvgIpc) is 2.83. The maximum absolute atomic E-state index is 11.2. The lowest BCUT2D eigenvalue weighted by molar-refractivity contribution is 0.0700. The van der Waals surface area contributed by atoms with E-state index in [0.29, 0.717) is 4.88 Å². The van der Waals surface area contributed by atoms with Crippen molar-refractivity contribution in [2.24, 2.45) is 0 Å². The third-order valence-electron chi connectivity index (χ3n) is 3.41. The first-order valence-corrected chi connectivity index (χ1v) is 8.76. The molecular weight excluding hydrogens is 280 g/mol. The number of hydrogen-bond donors (Lipinski definition) is 1. The second kappa shape index (κ2) is 6.61. The summed E-state index contributed by atoms with van der Waals surface area (Å²) < 4.78 is 0. The molecule has 0 aliphatic carbocycles. The van der Waals surface area contributed by atoms with Gasteiger partial charge in [-0.2, -0.15) is 11.8 Å². The fourth-order valence-corrected chi connectivity index (χ4v) is 4.02. The zero-order valence-electron chi connectivity index (χ0n) is 11.4. The predicted octanol–water partition coefficient (Wildman–Crippen LogP) is 3.13. The number of carboxylic acids is 1. The number of rotatable bonds is 5. The third kappa shape index (κ3) is 3.42. The van der Waals surface area contributed by atoms with E-state index in [0.717, 1.165) is 54.8 Å². The van der Waals surface area contributed by atoms with Gasteiger partial charge in [0.15, 0.2) is 5.13 Å². The fraction of sp³-hybridized carbons (Fsp3) is 0.692. The van der Waals surface area contributed by atoms with Crippen molar-refractivity contribution in [3.63, 3.8) is 0 Å². The van der Waals surface area contributed by atoms with Crippen molar-refractivity contribution in [3.05, 3.63) is 10.6 Å². The number of aromatic carboxylic acids is 1. The standard InChI is InChI=1S/C13H20N2O2S2/c1-3-4-10-11(12(16)17)19-13(14-10)15-7-5-9(18-2)6-8-15/h9H,3-8H2,1-2H3,(H,16,17). The van der Waals surface area contributed by atoms with Crippen molar-refractivity contribution in [2.45, 2.75) is 37.9 Å². The van der Waals surface area contributed by atoms with Crippen molar-refractivity contribution in [1.82, 2.24) is 4.98 Å². The minimum Gasteiger partial charge on any atom is -0.477 e. The second-order valence-electron chi connectivity index (χ2n) is 4.75. The lowest BCUT2D eigenvalue weighted by Gasteiger charge is -2.30. The largest absolute Gasteiger partial charge is 0.477 e. The molecule has 0 spiro atoms. The summed E-state index contributed by atoms with van der Waals surface area (Å²) >= 11 is 3.26. The molecule has 2 heterocycles. The Kier molecular flexibility index (Phi) is 5.10. The predicted molar refractivity (Wildman–Crippen MR) is 81.8 cm³/mol. The molecule has 0 amide bonds. The van der Waals surface area contributed by atoms with Gasteiger partial charge in [0.2, 0.25) is 0 Å². The van der Waals surface area contributed by atoms with Crippen LogP contribution in [-0.2, 0) is 6.42 Å². The Hall–Kier alpha value is -0.750. The normalized spacial score (nSPS) is 16.8. The summed E-state index contributed by atoms with van der Waals surface area (Å²) in [5.41, 5.74) is 0.752. The van der Waals surface area contributed by atoms with Crippen LogP contribution in [0.5, 0.6) is 0 Å². The van der Waals surface area contributed by atoms with Crippen molar-refractivity contribution < 1.29 is 9.90 Å². The molecule has 6 heteroatoms.